The molecule has 116 valence electrons. The van der Waals surface area contributed by atoms with Gasteiger partial charge in [0.1, 0.15) is 6.10 Å². The molecule has 0 bridgehead atoms. The maximum absolute atomic E-state index is 12.0. The van der Waals surface area contributed by atoms with E-state index in [1.165, 1.54) is 12.1 Å². The van der Waals surface area contributed by atoms with E-state index in [-0.39, 0.29) is 10.8 Å². The van der Waals surface area contributed by atoms with Gasteiger partial charge in [-0.05, 0) is 25.0 Å². The molecule has 0 aliphatic carbocycles. The molecule has 1 amide bonds. The first-order valence-electron chi connectivity index (χ1n) is 6.67. The lowest BCUT2D eigenvalue weighted by Crippen LogP contribution is -2.35. The fourth-order valence-electron chi connectivity index (χ4n) is 1.67. The summed E-state index contributed by atoms with van der Waals surface area (Å²) in [7, 11) is -3.91. The Morgan fingerprint density at radius 1 is 1.33 bits per heavy atom. The van der Waals surface area contributed by atoms with Crippen LogP contribution in [0.3, 0.4) is 0 Å². The number of benzene rings is 1. The SMILES string of the molecule is C=CCC(OC(=O)NS(=O)(=O)c1ccc(C)cc1)C(C)C. The van der Waals surface area contributed by atoms with Crippen molar-refractivity contribution in [1.29, 1.82) is 0 Å². The quantitative estimate of drug-likeness (QED) is 0.820. The normalized spacial score (nSPS) is 12.8. The van der Waals surface area contributed by atoms with Crippen LogP contribution >= 0.6 is 0 Å². The third-order valence-electron chi connectivity index (χ3n) is 2.95. The molecule has 6 heteroatoms. The minimum Gasteiger partial charge on any atom is -0.445 e. The minimum atomic E-state index is -3.91. The van der Waals surface area contributed by atoms with Crippen LogP contribution in [0.25, 0.3) is 0 Å². The lowest BCUT2D eigenvalue weighted by atomic mass is 10.0. The van der Waals surface area contributed by atoms with E-state index in [9.17, 15) is 13.2 Å². The Kier molecular flexibility index (Phi) is 5.96. The Labute approximate surface area is 126 Å². The minimum absolute atomic E-state index is 0.0230. The van der Waals surface area contributed by atoms with Crippen molar-refractivity contribution in [3.8, 4) is 0 Å². The molecular weight excluding hydrogens is 290 g/mol. The van der Waals surface area contributed by atoms with Gasteiger partial charge in [0.15, 0.2) is 0 Å². The van der Waals surface area contributed by atoms with Crippen molar-refractivity contribution in [1.82, 2.24) is 4.72 Å². The van der Waals surface area contributed by atoms with Crippen LogP contribution in [-0.2, 0) is 14.8 Å². The number of nitrogens with one attached hydrogen (secondary N) is 1. The van der Waals surface area contributed by atoms with Crippen molar-refractivity contribution in [3.63, 3.8) is 0 Å². The van der Waals surface area contributed by atoms with Gasteiger partial charge in [0.25, 0.3) is 10.0 Å². The van der Waals surface area contributed by atoms with Crippen LogP contribution in [-0.4, -0.2) is 20.6 Å². The second kappa shape index (κ2) is 7.26. The molecular formula is C15H21NO4S. The number of rotatable bonds is 6. The number of sulfonamides is 1. The summed E-state index contributed by atoms with van der Waals surface area (Å²) in [6.07, 6.45) is 0.717. The zero-order valence-electron chi connectivity index (χ0n) is 12.5. The summed E-state index contributed by atoms with van der Waals surface area (Å²) in [5.74, 6) is 0.0656. The van der Waals surface area contributed by atoms with E-state index >= 15 is 0 Å². The van der Waals surface area contributed by atoms with Crippen molar-refractivity contribution in [2.45, 2.75) is 38.2 Å². The summed E-state index contributed by atoms with van der Waals surface area (Å²) in [5, 5.41) is 0. The van der Waals surface area contributed by atoms with Gasteiger partial charge < -0.3 is 4.74 Å². The van der Waals surface area contributed by atoms with Gasteiger partial charge in [-0.15, -0.1) is 6.58 Å². The van der Waals surface area contributed by atoms with Crippen LogP contribution in [0, 0.1) is 12.8 Å². The highest BCUT2D eigenvalue weighted by Crippen LogP contribution is 2.13. The van der Waals surface area contributed by atoms with E-state index in [0.29, 0.717) is 6.42 Å². The molecule has 0 spiro atoms. The molecule has 0 heterocycles. The molecule has 0 fully saturated rings. The maximum Gasteiger partial charge on any atom is 0.421 e. The van der Waals surface area contributed by atoms with Gasteiger partial charge in [0.05, 0.1) is 4.90 Å². The van der Waals surface area contributed by atoms with Crippen LogP contribution < -0.4 is 4.72 Å². The van der Waals surface area contributed by atoms with E-state index in [0.717, 1.165) is 5.56 Å². The molecule has 5 nitrogen and oxygen atoms in total. The van der Waals surface area contributed by atoms with Gasteiger partial charge in [-0.25, -0.2) is 17.9 Å². The van der Waals surface area contributed by atoms with E-state index < -0.39 is 22.2 Å². The second-order valence-corrected chi connectivity index (χ2v) is 6.81. The lowest BCUT2D eigenvalue weighted by molar-refractivity contribution is 0.0774. The molecule has 1 aromatic carbocycles. The molecule has 1 rings (SSSR count). The van der Waals surface area contributed by atoms with Gasteiger partial charge in [-0.2, -0.15) is 0 Å². The van der Waals surface area contributed by atoms with Gasteiger partial charge in [0.2, 0.25) is 0 Å². The maximum atomic E-state index is 12.0. The Bertz CT molecular complexity index is 591. The summed E-state index contributed by atoms with van der Waals surface area (Å²) in [6.45, 7) is 9.21. The topological polar surface area (TPSA) is 72.5 Å². The van der Waals surface area contributed by atoms with Crippen LogP contribution in [0.2, 0.25) is 0 Å². The largest absolute Gasteiger partial charge is 0.445 e. The monoisotopic (exact) mass is 311 g/mol. The lowest BCUT2D eigenvalue weighted by Gasteiger charge is -2.20. The third kappa shape index (κ3) is 5.23. The number of aryl methyl sites for hydroxylation is 1. The summed E-state index contributed by atoms with van der Waals surface area (Å²) in [4.78, 5) is 11.8. The van der Waals surface area contributed by atoms with Crippen molar-refractivity contribution < 1.29 is 17.9 Å². The molecule has 0 saturated carbocycles. The van der Waals surface area contributed by atoms with Gasteiger partial charge in [-0.3, -0.25) is 0 Å². The van der Waals surface area contributed by atoms with Crippen molar-refractivity contribution in [3.05, 3.63) is 42.5 Å². The van der Waals surface area contributed by atoms with Crippen molar-refractivity contribution in [2.24, 2.45) is 5.92 Å². The Morgan fingerprint density at radius 3 is 2.38 bits per heavy atom. The molecule has 0 aliphatic rings. The van der Waals surface area contributed by atoms with E-state index in [2.05, 4.69) is 6.58 Å². The van der Waals surface area contributed by atoms with E-state index in [1.54, 1.807) is 18.2 Å². The average molecular weight is 311 g/mol. The number of amides is 1. The molecule has 0 aliphatic heterocycles. The van der Waals surface area contributed by atoms with Gasteiger partial charge in [-0.1, -0.05) is 37.6 Å². The highest BCUT2D eigenvalue weighted by atomic mass is 32.2. The van der Waals surface area contributed by atoms with Crippen molar-refractivity contribution >= 4 is 16.1 Å². The first kappa shape index (κ1) is 17.2. The first-order valence-corrected chi connectivity index (χ1v) is 8.15. The van der Waals surface area contributed by atoms with Crippen LogP contribution in [0.15, 0.2) is 41.8 Å². The Balaban J connectivity index is 2.77. The summed E-state index contributed by atoms with van der Waals surface area (Å²) in [5.41, 5.74) is 0.933. The van der Waals surface area contributed by atoms with E-state index in [4.69, 9.17) is 4.74 Å². The number of hydrogen-bond acceptors (Lipinski definition) is 4. The zero-order chi connectivity index (χ0) is 16.0. The zero-order valence-corrected chi connectivity index (χ0v) is 13.3. The highest BCUT2D eigenvalue weighted by Gasteiger charge is 2.22. The Hall–Kier alpha value is -1.82. The second-order valence-electron chi connectivity index (χ2n) is 5.13. The molecule has 1 N–H and O–H groups in total. The van der Waals surface area contributed by atoms with Crippen LogP contribution in [0.1, 0.15) is 25.8 Å². The molecule has 1 atom stereocenters. The van der Waals surface area contributed by atoms with Crippen LogP contribution in [0.5, 0.6) is 0 Å². The molecule has 0 saturated heterocycles. The predicted octanol–water partition coefficient (Wildman–Crippen LogP) is 3.01. The average Bonchev–Trinajstić information content (AvgIpc) is 2.37. The molecule has 0 aromatic heterocycles. The van der Waals surface area contributed by atoms with Crippen molar-refractivity contribution in [2.75, 3.05) is 0 Å². The predicted molar refractivity (Wildman–Crippen MR) is 81.4 cm³/mol. The number of hydrogen-bond donors (Lipinski definition) is 1. The molecule has 1 unspecified atom stereocenters. The molecule has 21 heavy (non-hydrogen) atoms. The number of carbonyl (C=O) groups excluding carboxylic acids is 1. The fraction of sp³-hybridized carbons (Fsp3) is 0.400. The number of carbonyl (C=O) groups is 1. The number of ether oxygens (including phenoxy) is 1. The summed E-state index contributed by atoms with van der Waals surface area (Å²) < 4.78 is 31.1. The smallest absolute Gasteiger partial charge is 0.421 e. The fourth-order valence-corrected chi connectivity index (χ4v) is 2.55. The highest BCUT2D eigenvalue weighted by molar-refractivity contribution is 7.90. The van der Waals surface area contributed by atoms with E-state index in [1.807, 2.05) is 25.5 Å². The summed E-state index contributed by atoms with van der Waals surface area (Å²) in [6, 6.07) is 6.20. The van der Waals surface area contributed by atoms with Gasteiger partial charge >= 0.3 is 6.09 Å². The van der Waals surface area contributed by atoms with Gasteiger partial charge in [0, 0.05) is 6.42 Å². The standard InChI is InChI=1S/C15H21NO4S/c1-5-6-14(11(2)3)20-15(17)16-21(18,19)13-9-7-12(4)8-10-13/h5,7-11,14H,1,6H2,2-4H3,(H,16,17). The Morgan fingerprint density at radius 2 is 1.90 bits per heavy atom. The molecule has 1 aromatic rings. The van der Waals surface area contributed by atoms with Crippen LogP contribution in [0.4, 0.5) is 4.79 Å². The third-order valence-corrected chi connectivity index (χ3v) is 4.28. The first-order chi connectivity index (χ1) is 9.76. The molecule has 0 radical (unpaired) electrons. The summed E-state index contributed by atoms with van der Waals surface area (Å²) >= 11 is 0.